The number of anilines is 1. The van der Waals surface area contributed by atoms with Crippen molar-refractivity contribution >= 4 is 17.0 Å². The molecule has 0 radical (unpaired) electrons. The Morgan fingerprint density at radius 2 is 2.00 bits per heavy atom. The van der Waals surface area contributed by atoms with Gasteiger partial charge < -0.3 is 5.73 Å². The van der Waals surface area contributed by atoms with Gasteiger partial charge in [-0.2, -0.15) is 5.10 Å². The second-order valence-corrected chi connectivity index (χ2v) is 5.23. The summed E-state index contributed by atoms with van der Waals surface area (Å²) < 4.78 is 0. The number of nitrogens with one attached hydrogen (secondary N) is 1. The first-order chi connectivity index (χ1) is 9.33. The van der Waals surface area contributed by atoms with E-state index < -0.39 is 0 Å². The van der Waals surface area contributed by atoms with Gasteiger partial charge in [-0.05, 0) is 29.5 Å². The minimum atomic E-state index is 0.769. The van der Waals surface area contributed by atoms with Crippen molar-refractivity contribution in [3.63, 3.8) is 0 Å². The molecule has 2 heterocycles. The number of nitrogen functional groups attached to an aromatic ring is 1. The molecule has 0 atom stereocenters. The molecule has 3 rings (SSSR count). The minimum Gasteiger partial charge on any atom is -0.399 e. The number of rotatable bonds is 4. The molecule has 0 bridgehead atoms. The Balaban J connectivity index is 1.70. The normalized spacial score (nSPS) is 10.7. The molecule has 4 nitrogen and oxygen atoms in total. The summed E-state index contributed by atoms with van der Waals surface area (Å²) in [6.45, 7) is 0. The molecule has 0 saturated carbocycles. The Morgan fingerprint density at radius 3 is 2.79 bits per heavy atom. The monoisotopic (exact) mass is 270 g/mol. The Hall–Kier alpha value is -2.14. The zero-order valence-electron chi connectivity index (χ0n) is 10.3. The van der Waals surface area contributed by atoms with Crippen LogP contribution in [0.15, 0.2) is 41.8 Å². The molecule has 0 unspecified atom stereocenters. The molecule has 0 aliphatic rings. The van der Waals surface area contributed by atoms with Gasteiger partial charge in [0.25, 0.3) is 0 Å². The number of nitrogens with zero attached hydrogens (tertiary/aromatic N) is 2. The molecule has 1 aromatic carbocycles. The fraction of sp³-hybridized carbons (Fsp3) is 0.143. The van der Waals surface area contributed by atoms with Crippen molar-refractivity contribution in [3.05, 3.63) is 53.2 Å². The van der Waals surface area contributed by atoms with Gasteiger partial charge in [-0.1, -0.05) is 24.3 Å². The third-order valence-corrected chi connectivity index (χ3v) is 3.83. The molecule has 0 aliphatic heterocycles. The van der Waals surface area contributed by atoms with Crippen molar-refractivity contribution < 1.29 is 0 Å². The highest BCUT2D eigenvalue weighted by Crippen LogP contribution is 2.21. The number of H-pyrrole nitrogens is 1. The smallest absolute Gasteiger partial charge is 0.191 e. The largest absolute Gasteiger partial charge is 0.399 e. The lowest BCUT2D eigenvalue weighted by Crippen LogP contribution is -1.98. The second-order valence-electron chi connectivity index (χ2n) is 4.28. The summed E-state index contributed by atoms with van der Waals surface area (Å²) in [4.78, 5) is 5.59. The van der Waals surface area contributed by atoms with Crippen LogP contribution in [0.2, 0.25) is 0 Å². The van der Waals surface area contributed by atoms with Gasteiger partial charge in [0.05, 0.1) is 4.88 Å². The predicted octanol–water partition coefficient (Wildman–Crippen LogP) is 2.90. The van der Waals surface area contributed by atoms with E-state index in [1.54, 1.807) is 11.3 Å². The highest BCUT2D eigenvalue weighted by Gasteiger charge is 2.07. The van der Waals surface area contributed by atoms with E-state index in [-0.39, 0.29) is 0 Å². The average molecular weight is 270 g/mol. The highest BCUT2D eigenvalue weighted by atomic mass is 32.1. The number of aryl methyl sites for hydroxylation is 2. The van der Waals surface area contributed by atoms with Gasteiger partial charge in [0.15, 0.2) is 5.82 Å². The fourth-order valence-corrected chi connectivity index (χ4v) is 2.60. The molecular formula is C14H14N4S. The van der Waals surface area contributed by atoms with Crippen molar-refractivity contribution in [2.75, 3.05) is 5.73 Å². The van der Waals surface area contributed by atoms with Crippen LogP contribution < -0.4 is 5.73 Å². The van der Waals surface area contributed by atoms with E-state index in [0.717, 1.165) is 40.6 Å². The molecule has 5 heteroatoms. The first kappa shape index (κ1) is 11.9. The first-order valence-electron chi connectivity index (χ1n) is 6.11. The molecule has 0 fully saturated rings. The highest BCUT2D eigenvalue weighted by molar-refractivity contribution is 7.13. The molecule has 19 heavy (non-hydrogen) atoms. The lowest BCUT2D eigenvalue weighted by Gasteiger charge is -2.02. The molecular weight excluding hydrogens is 256 g/mol. The van der Waals surface area contributed by atoms with E-state index in [1.165, 1.54) is 0 Å². The lowest BCUT2D eigenvalue weighted by molar-refractivity contribution is 0.866. The molecule has 3 aromatic rings. The van der Waals surface area contributed by atoms with Crippen molar-refractivity contribution in [3.8, 4) is 10.7 Å². The quantitative estimate of drug-likeness (QED) is 0.716. The maximum atomic E-state index is 5.92. The van der Waals surface area contributed by atoms with Gasteiger partial charge in [0, 0.05) is 12.1 Å². The number of para-hydroxylation sites is 1. The second kappa shape index (κ2) is 5.24. The summed E-state index contributed by atoms with van der Waals surface area (Å²) in [5.41, 5.74) is 7.91. The molecule has 0 spiro atoms. The summed E-state index contributed by atoms with van der Waals surface area (Å²) in [6.07, 6.45) is 1.68. The maximum absolute atomic E-state index is 5.92. The van der Waals surface area contributed by atoms with Gasteiger partial charge >= 0.3 is 0 Å². The molecule has 0 aliphatic carbocycles. The Kier molecular flexibility index (Phi) is 3.29. The van der Waals surface area contributed by atoms with E-state index in [0.29, 0.717) is 0 Å². The topological polar surface area (TPSA) is 67.6 Å². The van der Waals surface area contributed by atoms with Crippen molar-refractivity contribution in [2.24, 2.45) is 0 Å². The summed E-state index contributed by atoms with van der Waals surface area (Å²) in [6, 6.07) is 11.9. The summed E-state index contributed by atoms with van der Waals surface area (Å²) in [5, 5.41) is 9.25. The molecule has 96 valence electrons. The van der Waals surface area contributed by atoms with Crippen molar-refractivity contribution in [2.45, 2.75) is 12.8 Å². The van der Waals surface area contributed by atoms with Gasteiger partial charge in [0.2, 0.25) is 0 Å². The number of aromatic nitrogens is 3. The van der Waals surface area contributed by atoms with Crippen molar-refractivity contribution in [1.82, 2.24) is 15.2 Å². The lowest BCUT2D eigenvalue weighted by atomic mass is 10.1. The number of thiophene rings is 1. The minimum absolute atomic E-state index is 0.769. The maximum Gasteiger partial charge on any atom is 0.191 e. The SMILES string of the molecule is Nc1ccccc1CCc1nc(-c2cccs2)n[nH]1. The predicted molar refractivity (Wildman–Crippen MR) is 78.0 cm³/mol. The number of hydrogen-bond acceptors (Lipinski definition) is 4. The summed E-state index contributed by atoms with van der Waals surface area (Å²) >= 11 is 1.64. The van der Waals surface area contributed by atoms with E-state index in [2.05, 4.69) is 15.2 Å². The molecule has 2 aromatic heterocycles. The number of hydrogen-bond donors (Lipinski definition) is 2. The summed E-state index contributed by atoms with van der Waals surface area (Å²) in [7, 11) is 0. The van der Waals surface area contributed by atoms with E-state index in [4.69, 9.17) is 5.73 Å². The Morgan fingerprint density at radius 1 is 1.11 bits per heavy atom. The standard InChI is InChI=1S/C14H14N4S/c15-11-5-2-1-4-10(11)7-8-13-16-14(18-17-13)12-6-3-9-19-12/h1-6,9H,7-8,15H2,(H,16,17,18). The van der Waals surface area contributed by atoms with Crippen LogP contribution in [0.4, 0.5) is 5.69 Å². The fourth-order valence-electron chi connectivity index (χ4n) is 1.94. The van der Waals surface area contributed by atoms with Crippen LogP contribution in [0, 0.1) is 0 Å². The Labute approximate surface area is 115 Å². The zero-order chi connectivity index (χ0) is 13.1. The van der Waals surface area contributed by atoms with Crippen molar-refractivity contribution in [1.29, 1.82) is 0 Å². The molecule has 3 N–H and O–H groups in total. The number of benzene rings is 1. The van der Waals surface area contributed by atoms with Crippen LogP contribution >= 0.6 is 11.3 Å². The van der Waals surface area contributed by atoms with Crippen LogP contribution in [0.3, 0.4) is 0 Å². The van der Waals surface area contributed by atoms with Gasteiger partial charge in [-0.15, -0.1) is 11.3 Å². The molecule has 0 saturated heterocycles. The van der Waals surface area contributed by atoms with E-state index in [1.807, 2.05) is 41.8 Å². The molecule has 0 amide bonds. The zero-order valence-corrected chi connectivity index (χ0v) is 11.2. The third kappa shape index (κ3) is 2.66. The Bertz CT molecular complexity index is 658. The van der Waals surface area contributed by atoms with E-state index >= 15 is 0 Å². The van der Waals surface area contributed by atoms with E-state index in [9.17, 15) is 0 Å². The average Bonchev–Trinajstić information content (AvgIpc) is 3.09. The first-order valence-corrected chi connectivity index (χ1v) is 6.99. The van der Waals surface area contributed by atoms with Gasteiger partial charge in [-0.25, -0.2) is 4.98 Å². The van der Waals surface area contributed by atoms with Crippen LogP contribution in [0.25, 0.3) is 10.7 Å². The van der Waals surface area contributed by atoms with Crippen LogP contribution in [0.1, 0.15) is 11.4 Å². The van der Waals surface area contributed by atoms with Crippen LogP contribution in [-0.4, -0.2) is 15.2 Å². The third-order valence-electron chi connectivity index (χ3n) is 2.96. The van der Waals surface area contributed by atoms with Gasteiger partial charge in [-0.3, -0.25) is 5.10 Å². The summed E-state index contributed by atoms with van der Waals surface area (Å²) in [5.74, 6) is 1.66. The van der Waals surface area contributed by atoms with Gasteiger partial charge in [0.1, 0.15) is 5.82 Å². The number of nitrogens with two attached hydrogens (primary N) is 1. The number of aromatic amines is 1. The van der Waals surface area contributed by atoms with Crippen LogP contribution in [0.5, 0.6) is 0 Å². The van der Waals surface area contributed by atoms with Crippen LogP contribution in [-0.2, 0) is 12.8 Å².